The quantitative estimate of drug-likeness (QED) is 0.903. The van der Waals surface area contributed by atoms with Gasteiger partial charge in [-0.2, -0.15) is 0 Å². The fourth-order valence-electron chi connectivity index (χ4n) is 1.60. The van der Waals surface area contributed by atoms with Crippen molar-refractivity contribution in [2.45, 2.75) is 13.0 Å². The first-order valence-electron chi connectivity index (χ1n) is 5.66. The smallest absolute Gasteiger partial charge is 0.183 e. The molecule has 0 aliphatic rings. The molecule has 1 aromatic carbocycles. The summed E-state index contributed by atoms with van der Waals surface area (Å²) in [6, 6.07) is 7.94. The Morgan fingerprint density at radius 2 is 2.11 bits per heavy atom. The second kappa shape index (κ2) is 6.18. The molecule has 2 aromatic rings. The number of thiazole rings is 1. The Kier molecular flexibility index (Phi) is 4.58. The third-order valence-electron chi connectivity index (χ3n) is 2.43. The number of hydrogen-bond donors (Lipinski definition) is 1. The van der Waals surface area contributed by atoms with Gasteiger partial charge in [0.25, 0.3) is 0 Å². The van der Waals surface area contributed by atoms with E-state index in [0.29, 0.717) is 6.61 Å². The van der Waals surface area contributed by atoms with Crippen LogP contribution in [0.4, 0.5) is 5.13 Å². The van der Waals surface area contributed by atoms with Crippen molar-refractivity contribution >= 4 is 28.1 Å². The summed E-state index contributed by atoms with van der Waals surface area (Å²) in [5.74, 6) is 0. The Morgan fingerprint density at radius 1 is 1.39 bits per heavy atom. The van der Waals surface area contributed by atoms with Crippen LogP contribution in [0.1, 0.15) is 6.92 Å². The monoisotopic (exact) mass is 282 g/mol. The molecule has 0 amide bonds. The van der Waals surface area contributed by atoms with Crippen LogP contribution in [-0.2, 0) is 4.74 Å². The summed E-state index contributed by atoms with van der Waals surface area (Å²) in [4.78, 5) is 4.54. The fraction of sp³-hybridized carbons (Fsp3) is 0.308. The zero-order chi connectivity index (χ0) is 13.0. The summed E-state index contributed by atoms with van der Waals surface area (Å²) >= 11 is 7.46. The van der Waals surface area contributed by atoms with Gasteiger partial charge in [0.15, 0.2) is 5.13 Å². The van der Waals surface area contributed by atoms with Gasteiger partial charge in [-0.3, -0.25) is 0 Å². The van der Waals surface area contributed by atoms with E-state index < -0.39 is 0 Å². The maximum atomic E-state index is 5.86. The lowest BCUT2D eigenvalue weighted by molar-refractivity contribution is 0.190. The van der Waals surface area contributed by atoms with Gasteiger partial charge >= 0.3 is 0 Å². The maximum Gasteiger partial charge on any atom is 0.183 e. The highest BCUT2D eigenvalue weighted by molar-refractivity contribution is 7.14. The van der Waals surface area contributed by atoms with Crippen LogP contribution in [-0.4, -0.2) is 24.7 Å². The summed E-state index contributed by atoms with van der Waals surface area (Å²) in [7, 11) is 1.69. The molecule has 0 spiro atoms. The molecule has 1 aromatic heterocycles. The number of halogens is 1. The Morgan fingerprint density at radius 3 is 2.78 bits per heavy atom. The second-order valence-electron chi connectivity index (χ2n) is 4.05. The molecule has 0 aliphatic carbocycles. The van der Waals surface area contributed by atoms with Gasteiger partial charge in [0.05, 0.1) is 12.3 Å². The normalized spacial score (nSPS) is 12.4. The van der Waals surface area contributed by atoms with Gasteiger partial charge in [0.1, 0.15) is 0 Å². The van der Waals surface area contributed by atoms with E-state index in [1.54, 1.807) is 18.4 Å². The molecule has 0 aliphatic heterocycles. The molecule has 18 heavy (non-hydrogen) atoms. The molecule has 0 bridgehead atoms. The number of aromatic nitrogens is 1. The molecule has 2 rings (SSSR count). The lowest BCUT2D eigenvalue weighted by Gasteiger charge is -2.10. The molecule has 0 radical (unpaired) electrons. The predicted molar refractivity (Wildman–Crippen MR) is 77.5 cm³/mol. The van der Waals surface area contributed by atoms with Crippen molar-refractivity contribution < 1.29 is 4.74 Å². The van der Waals surface area contributed by atoms with Crippen LogP contribution in [0.3, 0.4) is 0 Å². The molecule has 1 atom stereocenters. The second-order valence-corrected chi connectivity index (χ2v) is 5.34. The number of rotatable bonds is 5. The Balaban J connectivity index is 2.08. The van der Waals surface area contributed by atoms with E-state index in [1.807, 2.05) is 29.6 Å². The highest BCUT2D eigenvalue weighted by Gasteiger charge is 2.07. The zero-order valence-electron chi connectivity index (χ0n) is 10.3. The number of hydrogen-bond acceptors (Lipinski definition) is 4. The molecular weight excluding hydrogens is 268 g/mol. The van der Waals surface area contributed by atoms with E-state index in [0.717, 1.165) is 21.4 Å². The minimum Gasteiger partial charge on any atom is -0.383 e. The van der Waals surface area contributed by atoms with Crippen molar-refractivity contribution in [1.29, 1.82) is 0 Å². The van der Waals surface area contributed by atoms with E-state index >= 15 is 0 Å². The lowest BCUT2D eigenvalue weighted by atomic mass is 10.2. The molecule has 1 unspecified atom stereocenters. The van der Waals surface area contributed by atoms with Crippen molar-refractivity contribution in [2.24, 2.45) is 0 Å². The molecular formula is C13H15ClN2OS. The van der Waals surface area contributed by atoms with Gasteiger partial charge in [-0.1, -0.05) is 23.7 Å². The molecule has 0 fully saturated rings. The van der Waals surface area contributed by atoms with Gasteiger partial charge in [-0.05, 0) is 19.1 Å². The molecule has 1 heterocycles. The standard InChI is InChI=1S/C13H15ClN2OS/c1-9(7-17-2)15-13-16-12(8-18-13)10-3-5-11(14)6-4-10/h3-6,8-9H,7H2,1-2H3,(H,15,16). The van der Waals surface area contributed by atoms with E-state index in [9.17, 15) is 0 Å². The SMILES string of the molecule is COCC(C)Nc1nc(-c2ccc(Cl)cc2)cs1. The molecule has 1 N–H and O–H groups in total. The number of anilines is 1. The van der Waals surface area contributed by atoms with Crippen molar-refractivity contribution in [2.75, 3.05) is 19.0 Å². The molecule has 0 saturated heterocycles. The average molecular weight is 283 g/mol. The van der Waals surface area contributed by atoms with Gasteiger partial charge in [-0.25, -0.2) is 4.98 Å². The zero-order valence-corrected chi connectivity index (χ0v) is 11.9. The van der Waals surface area contributed by atoms with Crippen LogP contribution < -0.4 is 5.32 Å². The Labute approximate surface area is 116 Å². The summed E-state index contributed by atoms with van der Waals surface area (Å²) in [5, 5.41) is 6.98. The van der Waals surface area contributed by atoms with Crippen LogP contribution in [0.5, 0.6) is 0 Å². The van der Waals surface area contributed by atoms with Gasteiger partial charge in [0.2, 0.25) is 0 Å². The first kappa shape index (κ1) is 13.3. The van der Waals surface area contributed by atoms with E-state index in [1.165, 1.54) is 0 Å². The van der Waals surface area contributed by atoms with Gasteiger partial charge in [-0.15, -0.1) is 11.3 Å². The summed E-state index contributed by atoms with van der Waals surface area (Å²) in [5.41, 5.74) is 2.03. The fourth-order valence-corrected chi connectivity index (χ4v) is 2.55. The molecule has 0 saturated carbocycles. The van der Waals surface area contributed by atoms with Crippen LogP contribution in [0.2, 0.25) is 5.02 Å². The highest BCUT2D eigenvalue weighted by Crippen LogP contribution is 2.26. The first-order chi connectivity index (χ1) is 8.69. The Hall–Kier alpha value is -1.10. The number of nitrogens with one attached hydrogen (secondary N) is 1. The van der Waals surface area contributed by atoms with E-state index in [2.05, 4.69) is 17.2 Å². The van der Waals surface area contributed by atoms with E-state index in [-0.39, 0.29) is 6.04 Å². The first-order valence-corrected chi connectivity index (χ1v) is 6.91. The minimum absolute atomic E-state index is 0.249. The van der Waals surface area contributed by atoms with E-state index in [4.69, 9.17) is 16.3 Å². The maximum absolute atomic E-state index is 5.86. The number of nitrogens with zero attached hydrogens (tertiary/aromatic N) is 1. The predicted octanol–water partition coefficient (Wildman–Crippen LogP) is 3.91. The Bertz CT molecular complexity index is 498. The number of methoxy groups -OCH3 is 1. The third kappa shape index (κ3) is 3.45. The van der Waals surface area contributed by atoms with Gasteiger partial charge < -0.3 is 10.1 Å². The van der Waals surface area contributed by atoms with Crippen molar-refractivity contribution in [3.63, 3.8) is 0 Å². The van der Waals surface area contributed by atoms with Gasteiger partial charge in [0, 0.05) is 29.1 Å². The lowest BCUT2D eigenvalue weighted by Crippen LogP contribution is -2.20. The minimum atomic E-state index is 0.249. The van der Waals surface area contributed by atoms with Crippen LogP contribution in [0.25, 0.3) is 11.3 Å². The number of ether oxygens (including phenoxy) is 1. The van der Waals surface area contributed by atoms with Crippen molar-refractivity contribution in [1.82, 2.24) is 4.98 Å². The van der Waals surface area contributed by atoms with Crippen LogP contribution in [0.15, 0.2) is 29.6 Å². The summed E-state index contributed by atoms with van der Waals surface area (Å²) in [6.07, 6.45) is 0. The summed E-state index contributed by atoms with van der Waals surface area (Å²) < 4.78 is 5.08. The number of benzene rings is 1. The largest absolute Gasteiger partial charge is 0.383 e. The van der Waals surface area contributed by atoms with Crippen LogP contribution >= 0.6 is 22.9 Å². The molecule has 96 valence electrons. The van der Waals surface area contributed by atoms with Crippen molar-refractivity contribution in [3.8, 4) is 11.3 Å². The topological polar surface area (TPSA) is 34.1 Å². The van der Waals surface area contributed by atoms with Crippen LogP contribution in [0, 0.1) is 0 Å². The highest BCUT2D eigenvalue weighted by atomic mass is 35.5. The van der Waals surface area contributed by atoms with Crippen molar-refractivity contribution in [3.05, 3.63) is 34.7 Å². The summed E-state index contributed by atoms with van der Waals surface area (Å²) in [6.45, 7) is 2.72. The third-order valence-corrected chi connectivity index (χ3v) is 3.46. The average Bonchev–Trinajstić information content (AvgIpc) is 2.78. The molecule has 3 nitrogen and oxygen atoms in total. The molecule has 5 heteroatoms.